The van der Waals surface area contributed by atoms with Gasteiger partial charge in [-0.2, -0.15) is 0 Å². The van der Waals surface area contributed by atoms with Crippen molar-refractivity contribution >= 4 is 13.7 Å². The summed E-state index contributed by atoms with van der Waals surface area (Å²) in [6.07, 6.45) is 53.8. The normalized spacial score (nSPS) is 14.3. The Bertz CT molecular complexity index is 1050. The predicted octanol–water partition coefficient (Wildman–Crippen LogP) is 14.6. The van der Waals surface area contributed by atoms with E-state index in [1.165, 1.54) is 193 Å². The van der Waals surface area contributed by atoms with E-state index in [2.05, 4.69) is 31.3 Å². The second-order valence-corrected chi connectivity index (χ2v) is 20.6. The third-order valence-corrected chi connectivity index (χ3v) is 12.9. The molecule has 3 unspecified atom stereocenters. The van der Waals surface area contributed by atoms with Crippen LogP contribution >= 0.6 is 7.82 Å². The zero-order valence-electron chi connectivity index (χ0n) is 41.1. The van der Waals surface area contributed by atoms with E-state index in [1.807, 2.05) is 27.2 Å². The van der Waals surface area contributed by atoms with Crippen LogP contribution in [0.3, 0.4) is 0 Å². The fourth-order valence-corrected chi connectivity index (χ4v) is 8.48. The van der Waals surface area contributed by atoms with Gasteiger partial charge in [-0.15, -0.1) is 0 Å². The molecule has 0 spiro atoms. The molecular formula is C52H103N2O6P. The molecule has 0 radical (unpaired) electrons. The predicted molar refractivity (Wildman–Crippen MR) is 261 cm³/mol. The van der Waals surface area contributed by atoms with E-state index in [-0.39, 0.29) is 19.1 Å². The Morgan fingerprint density at radius 2 is 0.918 bits per heavy atom. The summed E-state index contributed by atoms with van der Waals surface area (Å²) in [6.45, 7) is 4.66. The molecule has 0 saturated heterocycles. The number of likely N-dealkylation sites (N-methyl/N-ethyl adjacent to an activating group) is 1. The van der Waals surface area contributed by atoms with E-state index < -0.39 is 20.0 Å². The molecule has 1 amide bonds. The fraction of sp³-hybridized carbons (Fsp3) is 0.904. The van der Waals surface area contributed by atoms with Crippen LogP contribution in [0.5, 0.6) is 0 Å². The van der Waals surface area contributed by atoms with Crippen LogP contribution in [0.2, 0.25) is 0 Å². The number of aliphatic hydroxyl groups excluding tert-OH is 1. The van der Waals surface area contributed by atoms with E-state index in [0.717, 1.165) is 38.5 Å². The topological polar surface area (TPSA) is 108 Å². The van der Waals surface area contributed by atoms with E-state index in [9.17, 15) is 19.4 Å². The number of allylic oxidation sites excluding steroid dienone is 3. The second kappa shape index (κ2) is 44.2. The Balaban J connectivity index is 4.32. The number of nitrogens with one attached hydrogen (secondary N) is 1. The first kappa shape index (κ1) is 60.0. The zero-order valence-corrected chi connectivity index (χ0v) is 42.0. The molecule has 0 aliphatic carbocycles. The largest absolute Gasteiger partial charge is 0.756 e. The number of hydrogen-bond donors (Lipinski definition) is 2. The molecule has 362 valence electrons. The van der Waals surface area contributed by atoms with Gasteiger partial charge in [0.05, 0.1) is 39.9 Å². The fourth-order valence-electron chi connectivity index (χ4n) is 7.76. The van der Waals surface area contributed by atoms with Crippen molar-refractivity contribution in [1.29, 1.82) is 0 Å². The van der Waals surface area contributed by atoms with Gasteiger partial charge in [0.25, 0.3) is 7.82 Å². The van der Waals surface area contributed by atoms with Gasteiger partial charge in [-0.1, -0.05) is 237 Å². The summed E-state index contributed by atoms with van der Waals surface area (Å²) in [5, 5.41) is 13.8. The van der Waals surface area contributed by atoms with E-state index >= 15 is 0 Å². The number of hydrogen-bond acceptors (Lipinski definition) is 6. The molecule has 9 heteroatoms. The van der Waals surface area contributed by atoms with Gasteiger partial charge in [-0.05, 0) is 32.1 Å². The molecule has 2 N–H and O–H groups in total. The number of phosphoric acid groups is 1. The molecule has 8 nitrogen and oxygen atoms in total. The Labute approximate surface area is 379 Å². The van der Waals surface area contributed by atoms with Crippen molar-refractivity contribution in [3.63, 3.8) is 0 Å². The Kier molecular flexibility index (Phi) is 43.5. The molecule has 0 aromatic carbocycles. The number of quaternary nitrogens is 1. The summed E-state index contributed by atoms with van der Waals surface area (Å²) in [5.41, 5.74) is 0. The second-order valence-electron chi connectivity index (χ2n) is 19.2. The van der Waals surface area contributed by atoms with Gasteiger partial charge in [-0.3, -0.25) is 9.36 Å². The highest BCUT2D eigenvalue weighted by Gasteiger charge is 2.23. The number of rotatable bonds is 48. The third kappa shape index (κ3) is 46.8. The molecule has 61 heavy (non-hydrogen) atoms. The zero-order chi connectivity index (χ0) is 45.0. The SMILES string of the molecule is CCCCCCCCCCCCCCCC/C=C/CC/C=C/C(O)C(COP(=O)([O-])OCC[N+](C)(C)C)NC(=O)CCCCCCCCCCCCCCCCCCCCC. The van der Waals surface area contributed by atoms with Crippen LogP contribution in [0, 0.1) is 0 Å². The highest BCUT2D eigenvalue weighted by Crippen LogP contribution is 2.38. The van der Waals surface area contributed by atoms with Crippen molar-refractivity contribution < 1.29 is 32.9 Å². The molecule has 0 aliphatic heterocycles. The quantitative estimate of drug-likeness (QED) is 0.0273. The van der Waals surface area contributed by atoms with Gasteiger partial charge in [0.1, 0.15) is 13.2 Å². The molecule has 0 fully saturated rings. The minimum Gasteiger partial charge on any atom is -0.756 e. The van der Waals surface area contributed by atoms with Gasteiger partial charge in [0, 0.05) is 6.42 Å². The Morgan fingerprint density at radius 3 is 1.33 bits per heavy atom. The van der Waals surface area contributed by atoms with Crippen LogP contribution in [0.1, 0.15) is 251 Å². The van der Waals surface area contributed by atoms with Crippen LogP contribution in [-0.4, -0.2) is 68.5 Å². The molecule has 0 heterocycles. The number of carbonyl (C=O) groups excluding carboxylic acids is 1. The molecule has 3 atom stereocenters. The molecule has 0 saturated carbocycles. The van der Waals surface area contributed by atoms with E-state index in [0.29, 0.717) is 17.4 Å². The van der Waals surface area contributed by atoms with Crippen molar-refractivity contribution in [2.75, 3.05) is 40.9 Å². The summed E-state index contributed by atoms with van der Waals surface area (Å²) >= 11 is 0. The van der Waals surface area contributed by atoms with Gasteiger partial charge >= 0.3 is 0 Å². The van der Waals surface area contributed by atoms with E-state index in [1.54, 1.807) is 6.08 Å². The van der Waals surface area contributed by atoms with Crippen LogP contribution < -0.4 is 10.2 Å². The van der Waals surface area contributed by atoms with Crippen LogP contribution in [0.4, 0.5) is 0 Å². The number of amides is 1. The minimum atomic E-state index is -4.60. The Hall–Kier alpha value is -1.02. The standard InChI is InChI=1S/C52H103N2O6P/c1-6-8-10-12-14-16-18-20-22-24-26-28-29-31-33-35-37-39-41-43-45-51(55)50(49-60-61(57,58)59-48-47-54(3,4)5)53-52(56)46-44-42-40-38-36-34-32-30-27-25-23-21-19-17-15-13-11-9-7-2/h35,37,43,45,50-51,55H,6-34,36,38-42,44,46-49H2,1-5H3,(H-,53,56,57,58)/b37-35+,45-43+. The molecular weight excluding hydrogens is 780 g/mol. The lowest BCUT2D eigenvalue weighted by atomic mass is 10.0. The summed E-state index contributed by atoms with van der Waals surface area (Å²) in [5.74, 6) is -0.203. The summed E-state index contributed by atoms with van der Waals surface area (Å²) in [7, 11) is 1.25. The van der Waals surface area contributed by atoms with Gasteiger partial charge < -0.3 is 28.8 Å². The molecule has 0 aromatic rings. The lowest BCUT2D eigenvalue weighted by Crippen LogP contribution is -2.45. The lowest BCUT2D eigenvalue weighted by Gasteiger charge is -2.29. The highest BCUT2D eigenvalue weighted by molar-refractivity contribution is 7.45. The number of nitrogens with zero attached hydrogens (tertiary/aromatic N) is 1. The number of unbranched alkanes of at least 4 members (excludes halogenated alkanes) is 33. The first-order valence-electron chi connectivity index (χ1n) is 26.2. The third-order valence-electron chi connectivity index (χ3n) is 11.9. The number of carbonyl (C=O) groups is 1. The lowest BCUT2D eigenvalue weighted by molar-refractivity contribution is -0.870. The van der Waals surface area contributed by atoms with Crippen molar-refractivity contribution in [3.05, 3.63) is 24.3 Å². The summed E-state index contributed by atoms with van der Waals surface area (Å²) < 4.78 is 23.3. The van der Waals surface area contributed by atoms with Gasteiger partial charge in [0.2, 0.25) is 5.91 Å². The molecule has 0 aromatic heterocycles. The average molecular weight is 883 g/mol. The van der Waals surface area contributed by atoms with Gasteiger partial charge in [0.15, 0.2) is 0 Å². The molecule has 0 aliphatic rings. The van der Waals surface area contributed by atoms with Crippen LogP contribution in [0.15, 0.2) is 24.3 Å². The average Bonchev–Trinajstić information content (AvgIpc) is 3.21. The van der Waals surface area contributed by atoms with Crippen LogP contribution in [-0.2, 0) is 18.4 Å². The molecule has 0 rings (SSSR count). The Morgan fingerprint density at radius 1 is 0.557 bits per heavy atom. The van der Waals surface area contributed by atoms with Crippen molar-refractivity contribution in [2.45, 2.75) is 264 Å². The van der Waals surface area contributed by atoms with Crippen LogP contribution in [0.25, 0.3) is 0 Å². The number of phosphoric ester groups is 1. The maximum Gasteiger partial charge on any atom is 0.268 e. The highest BCUT2D eigenvalue weighted by atomic mass is 31.2. The maximum atomic E-state index is 12.9. The summed E-state index contributed by atoms with van der Waals surface area (Å²) in [4.78, 5) is 25.4. The van der Waals surface area contributed by atoms with Crippen molar-refractivity contribution in [1.82, 2.24) is 5.32 Å². The van der Waals surface area contributed by atoms with E-state index in [4.69, 9.17) is 9.05 Å². The minimum absolute atomic E-state index is 0.00389. The summed E-state index contributed by atoms with van der Waals surface area (Å²) in [6, 6.07) is -0.899. The number of aliphatic hydroxyl groups is 1. The van der Waals surface area contributed by atoms with Crippen molar-refractivity contribution in [3.8, 4) is 0 Å². The first-order chi connectivity index (χ1) is 29.5. The van der Waals surface area contributed by atoms with Gasteiger partial charge in [-0.25, -0.2) is 0 Å². The first-order valence-corrected chi connectivity index (χ1v) is 27.7. The van der Waals surface area contributed by atoms with Crippen molar-refractivity contribution in [2.24, 2.45) is 0 Å². The molecule has 0 bridgehead atoms. The smallest absolute Gasteiger partial charge is 0.268 e. The monoisotopic (exact) mass is 883 g/mol. The maximum absolute atomic E-state index is 12.9.